The largest absolute Gasteiger partial charge is 0.493 e. The molecule has 1 atom stereocenters. The van der Waals surface area contributed by atoms with Crippen LogP contribution in [0.25, 0.3) is 11.1 Å². The highest BCUT2D eigenvalue weighted by Crippen LogP contribution is 2.27. The fourth-order valence-corrected chi connectivity index (χ4v) is 4.91. The van der Waals surface area contributed by atoms with E-state index in [1.165, 1.54) is 23.0 Å². The number of sulfone groups is 1. The van der Waals surface area contributed by atoms with Crippen molar-refractivity contribution in [1.82, 2.24) is 10.0 Å². The number of amides is 1. The summed E-state index contributed by atoms with van der Waals surface area (Å²) >= 11 is 0. The van der Waals surface area contributed by atoms with Crippen molar-refractivity contribution in [1.29, 1.82) is 0 Å². The van der Waals surface area contributed by atoms with Gasteiger partial charge in [-0.1, -0.05) is 12.1 Å². The van der Waals surface area contributed by atoms with Crippen LogP contribution in [0.15, 0.2) is 47.4 Å². The number of aliphatic hydroxyl groups excluding tert-OH is 1. The number of aryl methyl sites for hydroxylation is 1. The Morgan fingerprint density at radius 2 is 1.79 bits per heavy atom. The summed E-state index contributed by atoms with van der Waals surface area (Å²) in [7, 11) is -3.84. The summed E-state index contributed by atoms with van der Waals surface area (Å²) in [6, 6.07) is 10.6. The number of carbonyl (C=O) groups is 1. The van der Waals surface area contributed by atoms with E-state index >= 15 is 0 Å². The lowest BCUT2D eigenvalue weighted by molar-refractivity contribution is -0.131. The van der Waals surface area contributed by atoms with E-state index in [1.807, 2.05) is 24.3 Å². The maximum Gasteiger partial charge on any atom is 0.264 e. The molecule has 0 unspecified atom stereocenters. The number of nitrogens with one attached hydrogen (secondary N) is 1. The molecule has 1 aromatic carbocycles. The summed E-state index contributed by atoms with van der Waals surface area (Å²) in [6.07, 6.45) is 5.67. The lowest BCUT2D eigenvalue weighted by Crippen LogP contribution is -2.49. The maximum absolute atomic E-state index is 12.6. The highest BCUT2D eigenvalue weighted by Gasteiger charge is 2.43. The second-order valence-electron chi connectivity index (χ2n) is 9.15. The number of rotatable bonds is 9. The number of aromatic nitrogens is 1. The van der Waals surface area contributed by atoms with Crippen LogP contribution in [0.1, 0.15) is 39.0 Å². The van der Waals surface area contributed by atoms with Gasteiger partial charge in [0, 0.05) is 25.1 Å². The molecule has 1 heterocycles. The van der Waals surface area contributed by atoms with Crippen molar-refractivity contribution in [2.75, 3.05) is 12.9 Å². The number of aliphatic hydroxyl groups is 1. The molecule has 0 spiro atoms. The van der Waals surface area contributed by atoms with Crippen molar-refractivity contribution in [3.05, 3.63) is 52.9 Å². The highest BCUT2D eigenvalue weighted by molar-refractivity contribution is 7.92. The lowest BCUT2D eigenvalue weighted by atomic mass is 9.88. The van der Waals surface area contributed by atoms with Gasteiger partial charge in [0.15, 0.2) is 14.6 Å². The third kappa shape index (κ3) is 6.05. The number of hydrogen-bond acceptors (Lipinski definition) is 7. The Morgan fingerprint density at radius 1 is 1.15 bits per heavy atom. The fourth-order valence-electron chi connectivity index (χ4n) is 4.06. The van der Waals surface area contributed by atoms with Crippen molar-refractivity contribution in [2.45, 2.75) is 56.4 Å². The molecule has 0 radical (unpaired) electrons. The molecule has 1 aliphatic carbocycles. The minimum atomic E-state index is -3.84. The van der Waals surface area contributed by atoms with E-state index in [2.05, 4.69) is 0 Å². The predicted octanol–water partition coefficient (Wildman–Crippen LogP) is 2.14. The summed E-state index contributed by atoms with van der Waals surface area (Å²) in [4.78, 5) is 24.6. The Morgan fingerprint density at radius 3 is 2.35 bits per heavy atom. The summed E-state index contributed by atoms with van der Waals surface area (Å²) in [5.41, 5.74) is 2.60. The van der Waals surface area contributed by atoms with E-state index < -0.39 is 20.5 Å². The quantitative estimate of drug-likeness (QED) is 0.361. The van der Waals surface area contributed by atoms with Crippen LogP contribution in [0.2, 0.25) is 0 Å². The van der Waals surface area contributed by atoms with Gasteiger partial charge in [0.2, 0.25) is 0 Å². The maximum atomic E-state index is 12.6. The van der Waals surface area contributed by atoms with Crippen LogP contribution in [0.4, 0.5) is 0 Å². The van der Waals surface area contributed by atoms with Crippen LogP contribution in [-0.2, 0) is 21.2 Å². The molecular weight excluding hydrogens is 460 g/mol. The van der Waals surface area contributed by atoms with E-state index in [9.17, 15) is 23.1 Å². The van der Waals surface area contributed by atoms with Crippen molar-refractivity contribution in [2.24, 2.45) is 5.92 Å². The lowest BCUT2D eigenvalue weighted by Gasteiger charge is -2.25. The molecule has 34 heavy (non-hydrogen) atoms. The molecule has 1 amide bonds. The predicted molar refractivity (Wildman–Crippen MR) is 127 cm³/mol. The Labute approximate surface area is 199 Å². The molecule has 9 nitrogen and oxygen atoms in total. The molecule has 0 aliphatic heterocycles. The number of benzene rings is 1. The Hall–Kier alpha value is -2.69. The minimum Gasteiger partial charge on any atom is -0.493 e. The average Bonchev–Trinajstić information content (AvgIpc) is 2.81. The summed E-state index contributed by atoms with van der Waals surface area (Å²) in [5, 5.41) is 18.5. The van der Waals surface area contributed by atoms with Crippen LogP contribution in [0.5, 0.6) is 5.75 Å². The Balaban J connectivity index is 1.64. The average molecular weight is 493 g/mol. The van der Waals surface area contributed by atoms with Crippen molar-refractivity contribution < 1.29 is 28.3 Å². The normalized spacial score (nSPS) is 20.4. The first-order valence-corrected chi connectivity index (χ1v) is 13.2. The zero-order valence-electron chi connectivity index (χ0n) is 19.4. The number of ether oxygens (including phenoxy) is 1. The highest BCUT2D eigenvalue weighted by atomic mass is 32.2. The van der Waals surface area contributed by atoms with E-state index in [1.54, 1.807) is 12.3 Å². The van der Waals surface area contributed by atoms with E-state index in [0.717, 1.165) is 43.3 Å². The monoisotopic (exact) mass is 492 g/mol. The summed E-state index contributed by atoms with van der Waals surface area (Å²) in [6.45, 7) is 1.82. The molecule has 186 valence electrons. The second-order valence-corrected chi connectivity index (χ2v) is 11.6. The van der Waals surface area contributed by atoms with Gasteiger partial charge in [0.1, 0.15) is 5.75 Å². The molecule has 0 bridgehead atoms. The first-order chi connectivity index (χ1) is 16.0. The fraction of sp³-hybridized carbons (Fsp3) is 0.500. The Bertz CT molecular complexity index is 1150. The summed E-state index contributed by atoms with van der Waals surface area (Å²) < 4.78 is 29.5. The zero-order valence-corrected chi connectivity index (χ0v) is 20.3. The van der Waals surface area contributed by atoms with Crippen molar-refractivity contribution >= 4 is 15.7 Å². The van der Waals surface area contributed by atoms with E-state index in [-0.39, 0.29) is 24.6 Å². The standard InChI is InChI=1S/C24H32N2O7S/c1-24(23(29)25-30,34(2,31)32)12-14-26-13-11-19(15-22(26)28)18-5-9-21(10-6-18)33-16-17-3-7-20(27)8-4-17/h5-6,9-11,13,15,17,20,27,30H,3-4,7-8,12,14,16H2,1-2H3,(H,25,29)/t17-,20-,24-/m1/s1. The van der Waals surface area contributed by atoms with Gasteiger partial charge in [-0.15, -0.1) is 0 Å². The van der Waals surface area contributed by atoms with Gasteiger partial charge in [-0.25, -0.2) is 13.9 Å². The molecule has 0 saturated heterocycles. The third-order valence-electron chi connectivity index (χ3n) is 6.72. The molecule has 3 rings (SSSR count). The topological polar surface area (TPSA) is 135 Å². The van der Waals surface area contributed by atoms with Crippen LogP contribution >= 0.6 is 0 Å². The number of hydroxylamine groups is 1. The van der Waals surface area contributed by atoms with Gasteiger partial charge in [-0.2, -0.15) is 0 Å². The Kier molecular flexibility index (Phi) is 8.17. The summed E-state index contributed by atoms with van der Waals surface area (Å²) in [5.74, 6) is 0.150. The van der Waals surface area contributed by atoms with Crippen molar-refractivity contribution in [3.8, 4) is 16.9 Å². The number of nitrogens with zero attached hydrogens (tertiary/aromatic N) is 1. The molecular formula is C24H32N2O7S. The smallest absolute Gasteiger partial charge is 0.264 e. The van der Waals surface area contributed by atoms with E-state index in [4.69, 9.17) is 9.94 Å². The first kappa shape index (κ1) is 25.9. The number of carbonyl (C=O) groups excluding carboxylic acids is 1. The molecule has 1 aliphatic rings. The van der Waals surface area contributed by atoms with Crippen LogP contribution in [0, 0.1) is 5.92 Å². The zero-order chi connectivity index (χ0) is 24.9. The molecule has 3 N–H and O–H groups in total. The number of pyridine rings is 1. The van der Waals surface area contributed by atoms with E-state index in [0.29, 0.717) is 18.1 Å². The molecule has 1 fully saturated rings. The minimum absolute atomic E-state index is 0.0128. The van der Waals surface area contributed by atoms with Gasteiger partial charge in [0.25, 0.3) is 11.5 Å². The second kappa shape index (κ2) is 10.7. The van der Waals surface area contributed by atoms with Crippen LogP contribution < -0.4 is 15.8 Å². The van der Waals surface area contributed by atoms with Crippen molar-refractivity contribution in [3.63, 3.8) is 0 Å². The third-order valence-corrected chi connectivity index (χ3v) is 8.74. The molecule has 2 aromatic rings. The SMILES string of the molecule is C[C@@](CCn1ccc(-c2ccc(OC[C@H]3CC[C@H](O)CC3)cc2)cc1=O)(C(=O)NO)S(C)(=O)=O. The van der Waals surface area contributed by atoms with Gasteiger partial charge >= 0.3 is 0 Å². The van der Waals surface area contributed by atoms with Gasteiger partial charge < -0.3 is 14.4 Å². The van der Waals surface area contributed by atoms with Crippen LogP contribution in [0.3, 0.4) is 0 Å². The molecule has 1 aromatic heterocycles. The molecule has 1 saturated carbocycles. The van der Waals surface area contributed by atoms with Crippen LogP contribution in [-0.4, -0.2) is 52.9 Å². The van der Waals surface area contributed by atoms with Gasteiger partial charge in [0.05, 0.1) is 12.7 Å². The van der Waals surface area contributed by atoms with Gasteiger partial charge in [-0.05, 0) is 74.3 Å². The molecule has 10 heteroatoms. The van der Waals surface area contributed by atoms with Gasteiger partial charge in [-0.3, -0.25) is 14.8 Å². The first-order valence-electron chi connectivity index (χ1n) is 11.3. The number of hydrogen-bond donors (Lipinski definition) is 3.